The average molecular weight is 396 g/mol. The molecule has 1 amide bonds. The van der Waals surface area contributed by atoms with Crippen LogP contribution in [0.1, 0.15) is 15.9 Å². The molecular weight excluding hydrogens is 374 g/mol. The molecule has 0 spiro atoms. The Morgan fingerprint density at radius 2 is 1.69 bits per heavy atom. The predicted molar refractivity (Wildman–Crippen MR) is 106 cm³/mol. The number of nitrogens with zero attached hydrogens (tertiary/aromatic N) is 2. The van der Waals surface area contributed by atoms with Crippen LogP contribution in [0, 0.1) is 0 Å². The fraction of sp³-hybridized carbons (Fsp3) is 0.278. The molecule has 0 aliphatic rings. The standard InChI is InChI=1S/C18H22ClN3O3S/c1-21(2)15-8-5-13(6-9-15)12-22(3)18(23)14-7-10-16(19)17(11-14)20-26(4,24)25/h5-11,20H,12H2,1-4H3. The van der Waals surface area contributed by atoms with Crippen LogP contribution in [0.5, 0.6) is 0 Å². The van der Waals surface area contributed by atoms with E-state index < -0.39 is 10.0 Å². The van der Waals surface area contributed by atoms with Crippen LogP contribution in [0.2, 0.25) is 5.02 Å². The Bertz CT molecular complexity index is 896. The molecule has 0 unspecified atom stereocenters. The first-order valence-corrected chi connectivity index (χ1v) is 10.1. The van der Waals surface area contributed by atoms with Crippen LogP contribution in [0.25, 0.3) is 0 Å². The number of sulfonamides is 1. The van der Waals surface area contributed by atoms with Gasteiger partial charge in [-0.1, -0.05) is 23.7 Å². The molecule has 2 aromatic carbocycles. The number of hydrogen-bond acceptors (Lipinski definition) is 4. The van der Waals surface area contributed by atoms with E-state index in [-0.39, 0.29) is 16.6 Å². The molecule has 0 heterocycles. The maximum Gasteiger partial charge on any atom is 0.253 e. The number of benzene rings is 2. The van der Waals surface area contributed by atoms with Crippen molar-refractivity contribution in [3.63, 3.8) is 0 Å². The van der Waals surface area contributed by atoms with Gasteiger partial charge >= 0.3 is 0 Å². The number of hydrogen-bond donors (Lipinski definition) is 1. The zero-order chi connectivity index (χ0) is 19.5. The van der Waals surface area contributed by atoms with Gasteiger partial charge in [-0.3, -0.25) is 9.52 Å². The van der Waals surface area contributed by atoms with Crippen molar-refractivity contribution in [3.05, 3.63) is 58.6 Å². The largest absolute Gasteiger partial charge is 0.378 e. The van der Waals surface area contributed by atoms with Crippen molar-refractivity contribution in [2.45, 2.75) is 6.54 Å². The van der Waals surface area contributed by atoms with Gasteiger partial charge in [-0.05, 0) is 35.9 Å². The first-order valence-electron chi connectivity index (χ1n) is 7.86. The van der Waals surface area contributed by atoms with Gasteiger partial charge in [0.25, 0.3) is 5.91 Å². The zero-order valence-corrected chi connectivity index (χ0v) is 16.7. The average Bonchev–Trinajstić information content (AvgIpc) is 2.55. The fourth-order valence-corrected chi connectivity index (χ4v) is 3.19. The molecule has 2 rings (SSSR count). The summed E-state index contributed by atoms with van der Waals surface area (Å²) in [6, 6.07) is 12.4. The van der Waals surface area contributed by atoms with E-state index in [1.54, 1.807) is 18.0 Å². The Kier molecular flexibility index (Phi) is 6.15. The first kappa shape index (κ1) is 20.1. The van der Waals surface area contributed by atoms with Gasteiger partial charge in [0.05, 0.1) is 17.0 Å². The molecule has 0 aliphatic heterocycles. The highest BCUT2D eigenvalue weighted by Crippen LogP contribution is 2.25. The van der Waals surface area contributed by atoms with E-state index in [0.717, 1.165) is 17.5 Å². The molecule has 0 saturated carbocycles. The van der Waals surface area contributed by atoms with Crippen LogP contribution >= 0.6 is 11.6 Å². The van der Waals surface area contributed by atoms with Crippen molar-refractivity contribution >= 4 is 38.9 Å². The van der Waals surface area contributed by atoms with Crippen LogP contribution in [0.4, 0.5) is 11.4 Å². The number of nitrogens with one attached hydrogen (secondary N) is 1. The molecule has 0 aliphatic carbocycles. The van der Waals surface area contributed by atoms with Crippen LogP contribution in [-0.2, 0) is 16.6 Å². The molecule has 0 aromatic heterocycles. The van der Waals surface area contributed by atoms with Gasteiger partial charge in [0.1, 0.15) is 0 Å². The molecule has 0 fully saturated rings. The van der Waals surface area contributed by atoms with Crippen molar-refractivity contribution in [2.75, 3.05) is 37.0 Å². The van der Waals surface area contributed by atoms with E-state index in [4.69, 9.17) is 11.6 Å². The second kappa shape index (κ2) is 7.97. The van der Waals surface area contributed by atoms with Gasteiger partial charge in [-0.2, -0.15) is 0 Å². The molecule has 0 saturated heterocycles. The lowest BCUT2D eigenvalue weighted by Gasteiger charge is -2.19. The topological polar surface area (TPSA) is 69.7 Å². The molecule has 8 heteroatoms. The highest BCUT2D eigenvalue weighted by Gasteiger charge is 2.15. The number of halogens is 1. The second-order valence-electron chi connectivity index (χ2n) is 6.29. The molecule has 0 radical (unpaired) electrons. The summed E-state index contributed by atoms with van der Waals surface area (Å²) in [5.74, 6) is -0.227. The maximum atomic E-state index is 12.7. The van der Waals surface area contributed by atoms with E-state index in [2.05, 4.69) is 4.72 Å². The lowest BCUT2D eigenvalue weighted by atomic mass is 10.1. The second-order valence-corrected chi connectivity index (χ2v) is 8.45. The van der Waals surface area contributed by atoms with Crippen LogP contribution in [-0.4, -0.2) is 46.6 Å². The van der Waals surface area contributed by atoms with E-state index >= 15 is 0 Å². The quantitative estimate of drug-likeness (QED) is 0.816. The number of anilines is 2. The first-order chi connectivity index (χ1) is 12.1. The summed E-state index contributed by atoms with van der Waals surface area (Å²) >= 11 is 6.00. The summed E-state index contributed by atoms with van der Waals surface area (Å²) in [5, 5.41) is 0.230. The van der Waals surface area contributed by atoms with Crippen molar-refractivity contribution < 1.29 is 13.2 Å². The third-order valence-corrected chi connectivity index (χ3v) is 4.65. The van der Waals surface area contributed by atoms with Crippen LogP contribution in [0.3, 0.4) is 0 Å². The fourth-order valence-electron chi connectivity index (χ4n) is 2.40. The minimum absolute atomic E-state index is 0.184. The Morgan fingerprint density at radius 3 is 2.23 bits per heavy atom. The van der Waals surface area contributed by atoms with Gasteiger partial charge in [0, 0.05) is 38.9 Å². The maximum absolute atomic E-state index is 12.7. The van der Waals surface area contributed by atoms with Gasteiger partial charge in [0.2, 0.25) is 10.0 Å². The van der Waals surface area contributed by atoms with Crippen molar-refractivity contribution in [1.29, 1.82) is 0 Å². The normalized spacial score (nSPS) is 11.1. The summed E-state index contributed by atoms with van der Waals surface area (Å²) in [7, 11) is 2.14. The van der Waals surface area contributed by atoms with Gasteiger partial charge in [-0.15, -0.1) is 0 Å². The minimum atomic E-state index is -3.49. The van der Waals surface area contributed by atoms with Gasteiger partial charge in [0.15, 0.2) is 0 Å². The molecule has 0 bridgehead atoms. The van der Waals surface area contributed by atoms with Crippen molar-refractivity contribution in [2.24, 2.45) is 0 Å². The van der Waals surface area contributed by atoms with E-state index in [1.165, 1.54) is 12.1 Å². The summed E-state index contributed by atoms with van der Waals surface area (Å²) in [6.07, 6.45) is 1.03. The van der Waals surface area contributed by atoms with Gasteiger partial charge in [-0.25, -0.2) is 8.42 Å². The SMILES string of the molecule is CN(Cc1ccc(N(C)C)cc1)C(=O)c1ccc(Cl)c(NS(C)(=O)=O)c1. The van der Waals surface area contributed by atoms with Crippen LogP contribution < -0.4 is 9.62 Å². The Morgan fingerprint density at radius 1 is 1.08 bits per heavy atom. The minimum Gasteiger partial charge on any atom is -0.378 e. The highest BCUT2D eigenvalue weighted by molar-refractivity contribution is 7.92. The Hall–Kier alpha value is -2.25. The van der Waals surface area contributed by atoms with Crippen molar-refractivity contribution in [1.82, 2.24) is 4.90 Å². The van der Waals surface area contributed by atoms with E-state index in [9.17, 15) is 13.2 Å². The molecule has 6 nitrogen and oxygen atoms in total. The van der Waals surface area contributed by atoms with Crippen molar-refractivity contribution in [3.8, 4) is 0 Å². The summed E-state index contributed by atoms with van der Waals surface area (Å²) in [5.41, 5.74) is 2.61. The molecular formula is C18H22ClN3O3S. The lowest BCUT2D eigenvalue weighted by Crippen LogP contribution is -2.26. The molecule has 0 atom stereocenters. The highest BCUT2D eigenvalue weighted by atomic mass is 35.5. The third-order valence-electron chi connectivity index (χ3n) is 3.73. The monoisotopic (exact) mass is 395 g/mol. The number of carbonyl (C=O) groups excluding carboxylic acids is 1. The molecule has 1 N–H and O–H groups in total. The zero-order valence-electron chi connectivity index (χ0n) is 15.2. The van der Waals surface area contributed by atoms with E-state index in [1.807, 2.05) is 43.3 Å². The third kappa shape index (κ3) is 5.37. The molecule has 26 heavy (non-hydrogen) atoms. The lowest BCUT2D eigenvalue weighted by molar-refractivity contribution is 0.0785. The summed E-state index contributed by atoms with van der Waals surface area (Å²) in [6.45, 7) is 0.435. The molecule has 140 valence electrons. The Labute approximate surface area is 159 Å². The smallest absolute Gasteiger partial charge is 0.253 e. The van der Waals surface area contributed by atoms with E-state index in [0.29, 0.717) is 12.1 Å². The summed E-state index contributed by atoms with van der Waals surface area (Å²) in [4.78, 5) is 16.2. The number of carbonyl (C=O) groups is 1. The molecule has 2 aromatic rings. The predicted octanol–water partition coefficient (Wildman–Crippen LogP) is 3.05. The van der Waals surface area contributed by atoms with Gasteiger partial charge < -0.3 is 9.80 Å². The number of amides is 1. The Balaban J connectivity index is 2.16. The summed E-state index contributed by atoms with van der Waals surface area (Å²) < 4.78 is 25.1. The van der Waals surface area contributed by atoms with Crippen LogP contribution in [0.15, 0.2) is 42.5 Å². The number of rotatable bonds is 6.